The van der Waals surface area contributed by atoms with Crippen molar-refractivity contribution in [3.8, 4) is 23.1 Å². The first-order valence-corrected chi connectivity index (χ1v) is 11.5. The molecule has 6 heteroatoms. The third-order valence-corrected chi connectivity index (χ3v) is 5.86. The van der Waals surface area contributed by atoms with Crippen LogP contribution in [0.25, 0.3) is 17.1 Å². The Kier molecular flexibility index (Phi) is 6.93. The van der Waals surface area contributed by atoms with Crippen LogP contribution in [0.2, 0.25) is 0 Å². The molecule has 3 heterocycles. The van der Waals surface area contributed by atoms with Crippen LogP contribution in [0.1, 0.15) is 53.5 Å². The van der Waals surface area contributed by atoms with E-state index >= 15 is 0 Å². The fraction of sp³-hybridized carbons (Fsp3) is 0.250. The van der Waals surface area contributed by atoms with Crippen LogP contribution >= 0.6 is 0 Å². The summed E-state index contributed by atoms with van der Waals surface area (Å²) < 4.78 is 1.60. The Balaban J connectivity index is 1.75. The van der Waals surface area contributed by atoms with Crippen LogP contribution in [0.15, 0.2) is 65.7 Å². The van der Waals surface area contributed by atoms with Crippen LogP contribution in [0.4, 0.5) is 0 Å². The van der Waals surface area contributed by atoms with E-state index in [1.807, 2.05) is 56.3 Å². The largest absolute Gasteiger partial charge is 0.268 e. The zero-order valence-electron chi connectivity index (χ0n) is 19.7. The van der Waals surface area contributed by atoms with Gasteiger partial charge in [0, 0.05) is 29.9 Å². The highest BCUT2D eigenvalue weighted by Crippen LogP contribution is 2.22. The lowest BCUT2D eigenvalue weighted by molar-refractivity contribution is 0.728. The van der Waals surface area contributed by atoms with Gasteiger partial charge in [0.1, 0.15) is 11.6 Å². The van der Waals surface area contributed by atoms with Crippen molar-refractivity contribution in [1.29, 1.82) is 5.26 Å². The highest BCUT2D eigenvalue weighted by atomic mass is 16.1. The molecule has 4 aromatic rings. The maximum atomic E-state index is 13.7. The molecule has 1 aromatic carbocycles. The summed E-state index contributed by atoms with van der Waals surface area (Å²) in [4.78, 5) is 27.5. The van der Waals surface area contributed by atoms with Crippen LogP contribution in [-0.2, 0) is 12.8 Å². The van der Waals surface area contributed by atoms with Crippen molar-refractivity contribution in [1.82, 2.24) is 19.5 Å². The van der Waals surface area contributed by atoms with E-state index in [9.17, 15) is 10.1 Å². The van der Waals surface area contributed by atoms with E-state index < -0.39 is 0 Å². The standard InChI is InChI=1S/C28H27N5O/c1-4-5-10-26-24(28(34)33(20(3)32-26)27-15-19(2)13-14-30-27)16-21-11-12-25(31-18-21)23-9-7-6-8-22(23)17-29/h6-9,11-15,18H,4-5,10,16H2,1-3H3. The summed E-state index contributed by atoms with van der Waals surface area (Å²) in [6.45, 7) is 5.97. The topological polar surface area (TPSA) is 84.5 Å². The lowest BCUT2D eigenvalue weighted by atomic mass is 10.0. The summed E-state index contributed by atoms with van der Waals surface area (Å²) in [7, 11) is 0. The second-order valence-corrected chi connectivity index (χ2v) is 8.41. The zero-order valence-corrected chi connectivity index (χ0v) is 19.7. The Labute approximate surface area is 199 Å². The molecular formula is C28H27N5O. The maximum absolute atomic E-state index is 13.7. The van der Waals surface area contributed by atoms with Crippen molar-refractivity contribution < 1.29 is 0 Å². The maximum Gasteiger partial charge on any atom is 0.263 e. The number of nitriles is 1. The summed E-state index contributed by atoms with van der Waals surface area (Å²) in [6.07, 6.45) is 6.67. The fourth-order valence-electron chi connectivity index (χ4n) is 4.06. The summed E-state index contributed by atoms with van der Waals surface area (Å²) in [5.74, 6) is 1.22. The number of aromatic nitrogens is 4. The van der Waals surface area contributed by atoms with Crippen molar-refractivity contribution in [2.24, 2.45) is 0 Å². The molecule has 0 atom stereocenters. The second-order valence-electron chi connectivity index (χ2n) is 8.41. The monoisotopic (exact) mass is 449 g/mol. The summed E-state index contributed by atoms with van der Waals surface area (Å²) in [5.41, 5.74) is 5.49. The fourth-order valence-corrected chi connectivity index (χ4v) is 4.06. The van der Waals surface area contributed by atoms with Crippen molar-refractivity contribution in [2.75, 3.05) is 0 Å². The van der Waals surface area contributed by atoms with Gasteiger partial charge in [0.2, 0.25) is 0 Å². The normalized spacial score (nSPS) is 10.8. The van der Waals surface area contributed by atoms with E-state index in [4.69, 9.17) is 4.98 Å². The van der Waals surface area contributed by atoms with Gasteiger partial charge in [-0.05, 0) is 62.1 Å². The van der Waals surface area contributed by atoms with E-state index in [1.165, 1.54) is 0 Å². The summed E-state index contributed by atoms with van der Waals surface area (Å²) in [6, 6.07) is 17.3. The van der Waals surface area contributed by atoms with Gasteiger partial charge in [-0.1, -0.05) is 37.6 Å². The average molecular weight is 450 g/mol. The van der Waals surface area contributed by atoms with Crippen molar-refractivity contribution >= 4 is 0 Å². The predicted molar refractivity (Wildman–Crippen MR) is 133 cm³/mol. The molecule has 0 bridgehead atoms. The number of hydrogen-bond donors (Lipinski definition) is 0. The van der Waals surface area contributed by atoms with Gasteiger partial charge in [0.25, 0.3) is 5.56 Å². The molecular weight excluding hydrogens is 422 g/mol. The molecule has 0 aliphatic carbocycles. The van der Waals surface area contributed by atoms with Gasteiger partial charge < -0.3 is 0 Å². The van der Waals surface area contributed by atoms with Crippen LogP contribution < -0.4 is 5.56 Å². The van der Waals surface area contributed by atoms with Gasteiger partial charge in [-0.15, -0.1) is 0 Å². The van der Waals surface area contributed by atoms with Crippen molar-refractivity contribution in [3.05, 3.63) is 105 Å². The molecule has 0 aliphatic heterocycles. The predicted octanol–water partition coefficient (Wildman–Crippen LogP) is 5.11. The molecule has 0 N–H and O–H groups in total. The Morgan fingerprint density at radius 1 is 1.06 bits per heavy atom. The molecule has 170 valence electrons. The molecule has 4 rings (SSSR count). The van der Waals surface area contributed by atoms with Gasteiger partial charge in [0.15, 0.2) is 0 Å². The van der Waals surface area contributed by atoms with E-state index in [0.717, 1.165) is 47.3 Å². The Morgan fingerprint density at radius 2 is 1.88 bits per heavy atom. The smallest absolute Gasteiger partial charge is 0.263 e. The number of rotatable bonds is 7. The van der Waals surface area contributed by atoms with Gasteiger partial charge >= 0.3 is 0 Å². The first-order valence-electron chi connectivity index (χ1n) is 11.5. The molecule has 0 saturated heterocycles. The third-order valence-electron chi connectivity index (χ3n) is 5.86. The first kappa shape index (κ1) is 23.1. The number of hydrogen-bond acceptors (Lipinski definition) is 5. The highest BCUT2D eigenvalue weighted by Gasteiger charge is 2.17. The first-order chi connectivity index (χ1) is 16.5. The van der Waals surface area contributed by atoms with Crippen LogP contribution in [0.3, 0.4) is 0 Å². The van der Waals surface area contributed by atoms with Gasteiger partial charge in [-0.25, -0.2) is 14.5 Å². The van der Waals surface area contributed by atoms with E-state index in [2.05, 4.69) is 23.0 Å². The van der Waals surface area contributed by atoms with Crippen LogP contribution in [0.5, 0.6) is 0 Å². The van der Waals surface area contributed by atoms with Crippen LogP contribution in [0, 0.1) is 25.2 Å². The van der Waals surface area contributed by atoms with E-state index in [1.54, 1.807) is 23.0 Å². The Hall–Kier alpha value is -4.11. The Bertz CT molecular complexity index is 1410. The lowest BCUT2D eigenvalue weighted by Gasteiger charge is -2.15. The van der Waals surface area contributed by atoms with Crippen molar-refractivity contribution in [2.45, 2.75) is 46.5 Å². The number of nitrogens with zero attached hydrogens (tertiary/aromatic N) is 5. The highest BCUT2D eigenvalue weighted by molar-refractivity contribution is 5.67. The lowest BCUT2D eigenvalue weighted by Crippen LogP contribution is -2.29. The van der Waals surface area contributed by atoms with Gasteiger partial charge in [-0.2, -0.15) is 5.26 Å². The Morgan fingerprint density at radius 3 is 2.59 bits per heavy atom. The summed E-state index contributed by atoms with van der Waals surface area (Å²) >= 11 is 0. The third kappa shape index (κ3) is 4.79. The number of pyridine rings is 2. The number of benzene rings is 1. The molecule has 6 nitrogen and oxygen atoms in total. The average Bonchev–Trinajstić information content (AvgIpc) is 2.85. The van der Waals surface area contributed by atoms with E-state index in [0.29, 0.717) is 29.2 Å². The molecule has 0 fully saturated rings. The molecule has 34 heavy (non-hydrogen) atoms. The zero-order chi connectivity index (χ0) is 24.1. The number of unbranched alkanes of at least 4 members (excludes halogenated alkanes) is 1. The second kappa shape index (κ2) is 10.2. The van der Waals surface area contributed by atoms with Gasteiger partial charge in [0.05, 0.1) is 23.0 Å². The molecule has 0 amide bonds. The molecule has 0 unspecified atom stereocenters. The molecule has 0 radical (unpaired) electrons. The van der Waals surface area contributed by atoms with Gasteiger partial charge in [-0.3, -0.25) is 9.78 Å². The molecule has 0 spiro atoms. The molecule has 3 aromatic heterocycles. The molecule has 0 saturated carbocycles. The quantitative estimate of drug-likeness (QED) is 0.391. The minimum Gasteiger partial charge on any atom is -0.268 e. The number of aryl methyl sites for hydroxylation is 3. The summed E-state index contributed by atoms with van der Waals surface area (Å²) in [5, 5.41) is 9.39. The van der Waals surface area contributed by atoms with Crippen LogP contribution in [-0.4, -0.2) is 19.5 Å². The SMILES string of the molecule is CCCCc1nc(C)n(-c2cc(C)ccn2)c(=O)c1Cc1ccc(-c2ccccc2C#N)nc1. The van der Waals surface area contributed by atoms with Crippen molar-refractivity contribution in [3.63, 3.8) is 0 Å². The van der Waals surface area contributed by atoms with E-state index in [-0.39, 0.29) is 5.56 Å². The minimum absolute atomic E-state index is 0.0874. The minimum atomic E-state index is -0.0874. The molecule has 0 aliphatic rings.